The van der Waals surface area contributed by atoms with Crippen LogP contribution in [0, 0.1) is 6.92 Å². The summed E-state index contributed by atoms with van der Waals surface area (Å²) in [5, 5.41) is 14.4. The molecule has 2 aromatic carbocycles. The molecule has 0 unspecified atom stereocenters. The standard InChI is InChI=1S/C20H21N7O/c1-12-23-17-9-15(19(10-18(17)24-12)27-6-4-21-5-7-27)20(28)25-14-3-2-13-11-22-26-16(13)8-14/h2-3,8-11,21H,4-7H2,1H3,(H,22,26)(H,23,24)(H,25,28). The third-order valence-electron chi connectivity index (χ3n) is 5.12. The minimum atomic E-state index is -0.137. The molecule has 8 nitrogen and oxygen atoms in total. The fraction of sp³-hybridized carbons (Fsp3) is 0.250. The van der Waals surface area contributed by atoms with Crippen LogP contribution in [-0.2, 0) is 0 Å². The van der Waals surface area contributed by atoms with Crippen LogP contribution in [0.2, 0.25) is 0 Å². The molecule has 1 fully saturated rings. The first-order valence-electron chi connectivity index (χ1n) is 9.38. The van der Waals surface area contributed by atoms with E-state index in [1.807, 2.05) is 37.3 Å². The number of fused-ring (bicyclic) bond motifs is 2. The average Bonchev–Trinajstić information content (AvgIpc) is 3.32. The Hall–Kier alpha value is -3.39. The molecule has 1 saturated heterocycles. The van der Waals surface area contributed by atoms with Gasteiger partial charge < -0.3 is 20.5 Å². The molecule has 0 spiro atoms. The van der Waals surface area contributed by atoms with Crippen LogP contribution in [0.3, 0.4) is 0 Å². The third kappa shape index (κ3) is 2.97. The van der Waals surface area contributed by atoms with Gasteiger partial charge >= 0.3 is 0 Å². The predicted octanol–water partition coefficient (Wildman–Crippen LogP) is 2.41. The van der Waals surface area contributed by atoms with Gasteiger partial charge in [-0.2, -0.15) is 5.10 Å². The predicted molar refractivity (Wildman–Crippen MR) is 110 cm³/mol. The lowest BCUT2D eigenvalue weighted by Crippen LogP contribution is -2.44. The first-order valence-corrected chi connectivity index (χ1v) is 9.38. The highest BCUT2D eigenvalue weighted by Crippen LogP contribution is 2.28. The van der Waals surface area contributed by atoms with Gasteiger partial charge in [0.15, 0.2) is 0 Å². The van der Waals surface area contributed by atoms with E-state index < -0.39 is 0 Å². The van der Waals surface area contributed by atoms with Crippen LogP contribution in [0.15, 0.2) is 36.5 Å². The van der Waals surface area contributed by atoms with E-state index in [2.05, 4.69) is 35.7 Å². The van der Waals surface area contributed by atoms with Crippen molar-refractivity contribution in [1.29, 1.82) is 0 Å². The van der Waals surface area contributed by atoms with Gasteiger partial charge in [-0.05, 0) is 37.3 Å². The van der Waals surface area contributed by atoms with Crippen LogP contribution in [0.25, 0.3) is 21.9 Å². The maximum absolute atomic E-state index is 13.2. The molecule has 1 aliphatic rings. The first kappa shape index (κ1) is 16.8. The van der Waals surface area contributed by atoms with Crippen molar-refractivity contribution in [2.24, 2.45) is 0 Å². The zero-order valence-corrected chi connectivity index (χ0v) is 15.5. The molecule has 0 radical (unpaired) electrons. The minimum absolute atomic E-state index is 0.137. The molecule has 2 aromatic heterocycles. The Bertz CT molecular complexity index is 1170. The van der Waals surface area contributed by atoms with Gasteiger partial charge in [0, 0.05) is 37.3 Å². The number of imidazole rings is 1. The number of nitrogens with zero attached hydrogens (tertiary/aromatic N) is 3. The Balaban J connectivity index is 1.53. The average molecular weight is 375 g/mol. The van der Waals surface area contributed by atoms with E-state index in [0.29, 0.717) is 5.56 Å². The minimum Gasteiger partial charge on any atom is -0.368 e. The van der Waals surface area contributed by atoms with E-state index in [1.165, 1.54) is 0 Å². The molecule has 1 aliphatic heterocycles. The molecular formula is C20H21N7O. The Labute approximate surface area is 161 Å². The summed E-state index contributed by atoms with van der Waals surface area (Å²) < 4.78 is 0. The zero-order chi connectivity index (χ0) is 19.1. The Kier molecular flexibility index (Phi) is 3.98. The van der Waals surface area contributed by atoms with Crippen molar-refractivity contribution < 1.29 is 4.79 Å². The number of carbonyl (C=O) groups excluding carboxylic acids is 1. The fourth-order valence-corrected chi connectivity index (χ4v) is 3.74. The van der Waals surface area contributed by atoms with E-state index in [-0.39, 0.29) is 5.91 Å². The summed E-state index contributed by atoms with van der Waals surface area (Å²) >= 11 is 0. The number of H-pyrrole nitrogens is 2. The number of benzene rings is 2. The van der Waals surface area contributed by atoms with Crippen molar-refractivity contribution in [3.8, 4) is 0 Å². The number of aryl methyl sites for hydroxylation is 1. The van der Waals surface area contributed by atoms with Crippen LogP contribution >= 0.6 is 0 Å². The largest absolute Gasteiger partial charge is 0.368 e. The number of anilines is 2. The summed E-state index contributed by atoms with van der Waals surface area (Å²) in [5.41, 5.74) is 4.92. The number of hydrogen-bond donors (Lipinski definition) is 4. The Morgan fingerprint density at radius 3 is 2.86 bits per heavy atom. The van der Waals surface area contributed by atoms with Crippen LogP contribution in [0.5, 0.6) is 0 Å². The molecule has 0 atom stereocenters. The number of piperazine rings is 1. The summed E-state index contributed by atoms with van der Waals surface area (Å²) in [6.07, 6.45) is 1.76. The molecule has 0 saturated carbocycles. The molecule has 4 aromatic rings. The summed E-state index contributed by atoms with van der Waals surface area (Å²) in [6, 6.07) is 9.63. The number of amides is 1. The molecular weight excluding hydrogens is 354 g/mol. The van der Waals surface area contributed by atoms with E-state index in [9.17, 15) is 4.79 Å². The molecule has 0 aliphatic carbocycles. The smallest absolute Gasteiger partial charge is 0.257 e. The topological polar surface area (TPSA) is 102 Å². The number of nitrogens with one attached hydrogen (secondary N) is 4. The Morgan fingerprint density at radius 1 is 1.14 bits per heavy atom. The molecule has 142 valence electrons. The summed E-state index contributed by atoms with van der Waals surface area (Å²) in [4.78, 5) is 23.2. The number of rotatable bonds is 3. The zero-order valence-electron chi connectivity index (χ0n) is 15.5. The van der Waals surface area contributed by atoms with Gasteiger partial charge in [-0.25, -0.2) is 4.98 Å². The Morgan fingerprint density at radius 2 is 2.00 bits per heavy atom. The molecule has 3 heterocycles. The maximum Gasteiger partial charge on any atom is 0.257 e. The summed E-state index contributed by atoms with van der Waals surface area (Å²) in [6.45, 7) is 5.43. The molecule has 0 bridgehead atoms. The van der Waals surface area contributed by atoms with Gasteiger partial charge in [-0.3, -0.25) is 9.89 Å². The number of carbonyl (C=O) groups is 1. The second-order valence-corrected chi connectivity index (χ2v) is 7.07. The number of aromatic amines is 2. The normalized spacial score (nSPS) is 14.7. The van der Waals surface area contributed by atoms with Gasteiger partial charge in [0.1, 0.15) is 5.82 Å². The van der Waals surface area contributed by atoms with Crippen molar-refractivity contribution in [3.05, 3.63) is 47.9 Å². The molecule has 4 N–H and O–H groups in total. The van der Waals surface area contributed by atoms with E-state index in [1.54, 1.807) is 6.20 Å². The lowest BCUT2D eigenvalue weighted by atomic mass is 10.1. The summed E-state index contributed by atoms with van der Waals surface area (Å²) in [7, 11) is 0. The van der Waals surface area contributed by atoms with E-state index in [0.717, 1.165) is 65.3 Å². The van der Waals surface area contributed by atoms with Crippen LogP contribution in [0.4, 0.5) is 11.4 Å². The lowest BCUT2D eigenvalue weighted by molar-refractivity contribution is 0.102. The SMILES string of the molecule is Cc1nc2cc(N3CCNCC3)c(C(=O)Nc3ccc4cn[nH]c4c3)cc2[nH]1. The van der Waals surface area contributed by atoms with Crippen molar-refractivity contribution in [3.63, 3.8) is 0 Å². The van der Waals surface area contributed by atoms with Crippen LogP contribution in [0.1, 0.15) is 16.2 Å². The number of hydrogen-bond acceptors (Lipinski definition) is 5. The second kappa shape index (κ2) is 6.65. The van der Waals surface area contributed by atoms with Crippen molar-refractivity contribution in [1.82, 2.24) is 25.5 Å². The van der Waals surface area contributed by atoms with Gasteiger partial charge in [-0.15, -0.1) is 0 Å². The second-order valence-electron chi connectivity index (χ2n) is 7.07. The molecule has 28 heavy (non-hydrogen) atoms. The van der Waals surface area contributed by atoms with E-state index >= 15 is 0 Å². The molecule has 8 heteroatoms. The molecule has 5 rings (SSSR count). The van der Waals surface area contributed by atoms with Crippen molar-refractivity contribution in [2.45, 2.75) is 6.92 Å². The monoisotopic (exact) mass is 375 g/mol. The maximum atomic E-state index is 13.2. The third-order valence-corrected chi connectivity index (χ3v) is 5.12. The van der Waals surface area contributed by atoms with E-state index in [4.69, 9.17) is 0 Å². The fourth-order valence-electron chi connectivity index (χ4n) is 3.74. The van der Waals surface area contributed by atoms with Crippen molar-refractivity contribution >= 4 is 39.2 Å². The van der Waals surface area contributed by atoms with Gasteiger partial charge in [0.05, 0.1) is 34.0 Å². The van der Waals surface area contributed by atoms with Crippen LogP contribution in [-0.4, -0.2) is 52.3 Å². The highest BCUT2D eigenvalue weighted by atomic mass is 16.1. The number of aromatic nitrogens is 4. The molecule has 1 amide bonds. The highest BCUT2D eigenvalue weighted by Gasteiger charge is 2.21. The van der Waals surface area contributed by atoms with Crippen molar-refractivity contribution in [2.75, 3.05) is 36.4 Å². The quantitative estimate of drug-likeness (QED) is 0.440. The summed E-state index contributed by atoms with van der Waals surface area (Å²) in [5.74, 6) is 0.699. The lowest BCUT2D eigenvalue weighted by Gasteiger charge is -2.31. The highest BCUT2D eigenvalue weighted by molar-refractivity contribution is 6.10. The van der Waals surface area contributed by atoms with Gasteiger partial charge in [0.2, 0.25) is 0 Å². The van der Waals surface area contributed by atoms with Gasteiger partial charge in [0.25, 0.3) is 5.91 Å². The van der Waals surface area contributed by atoms with Gasteiger partial charge in [-0.1, -0.05) is 0 Å². The van der Waals surface area contributed by atoms with Crippen LogP contribution < -0.4 is 15.5 Å². The first-order chi connectivity index (χ1) is 13.7.